The van der Waals surface area contributed by atoms with Crippen LogP contribution in [0.2, 0.25) is 0 Å². The van der Waals surface area contributed by atoms with Crippen LogP contribution < -0.4 is 10.6 Å². The number of hydrogen-bond donors (Lipinski definition) is 2. The predicted molar refractivity (Wildman–Crippen MR) is 66.7 cm³/mol. The van der Waals surface area contributed by atoms with Gasteiger partial charge in [-0.05, 0) is 6.92 Å². The van der Waals surface area contributed by atoms with Crippen molar-refractivity contribution in [2.24, 2.45) is 0 Å². The zero-order chi connectivity index (χ0) is 12.7. The number of rotatable bonds is 6. The van der Waals surface area contributed by atoms with E-state index < -0.39 is 0 Å². The third-order valence-corrected chi connectivity index (χ3v) is 2.32. The SMILES string of the molecule is CCn1cc(CNCCNC(=O)N(C)C)cn1. The Morgan fingerprint density at radius 3 is 2.82 bits per heavy atom. The molecule has 2 amide bonds. The van der Waals surface area contributed by atoms with E-state index in [1.807, 2.05) is 17.1 Å². The summed E-state index contributed by atoms with van der Waals surface area (Å²) in [5, 5.41) is 10.2. The number of carbonyl (C=O) groups is 1. The summed E-state index contributed by atoms with van der Waals surface area (Å²) in [4.78, 5) is 12.7. The minimum Gasteiger partial charge on any atom is -0.337 e. The smallest absolute Gasteiger partial charge is 0.316 e. The normalized spacial score (nSPS) is 10.3. The first-order valence-electron chi connectivity index (χ1n) is 5.80. The maximum Gasteiger partial charge on any atom is 0.316 e. The molecule has 0 spiro atoms. The van der Waals surface area contributed by atoms with Crippen LogP contribution in [0.5, 0.6) is 0 Å². The van der Waals surface area contributed by atoms with E-state index >= 15 is 0 Å². The van der Waals surface area contributed by atoms with Gasteiger partial charge >= 0.3 is 6.03 Å². The second-order valence-electron chi connectivity index (χ2n) is 4.01. The Morgan fingerprint density at radius 1 is 1.47 bits per heavy atom. The lowest BCUT2D eigenvalue weighted by molar-refractivity contribution is 0.217. The van der Waals surface area contributed by atoms with Gasteiger partial charge in [0.25, 0.3) is 0 Å². The molecule has 0 saturated heterocycles. The summed E-state index contributed by atoms with van der Waals surface area (Å²) in [5.74, 6) is 0. The molecule has 1 aromatic rings. The van der Waals surface area contributed by atoms with E-state index in [2.05, 4.69) is 22.7 Å². The van der Waals surface area contributed by atoms with Crippen molar-refractivity contribution in [2.75, 3.05) is 27.2 Å². The van der Waals surface area contributed by atoms with Crippen LogP contribution >= 0.6 is 0 Å². The molecule has 1 rings (SSSR count). The number of carbonyl (C=O) groups excluding carboxylic acids is 1. The number of nitrogens with one attached hydrogen (secondary N) is 2. The molecule has 0 saturated carbocycles. The fourth-order valence-corrected chi connectivity index (χ4v) is 1.32. The molecule has 17 heavy (non-hydrogen) atoms. The van der Waals surface area contributed by atoms with Crippen LogP contribution in [0, 0.1) is 0 Å². The molecule has 0 bridgehead atoms. The third kappa shape index (κ3) is 4.86. The average molecular weight is 239 g/mol. The predicted octanol–water partition coefficient (Wildman–Crippen LogP) is 0.264. The second-order valence-corrected chi connectivity index (χ2v) is 4.01. The standard InChI is InChI=1S/C11H21N5O/c1-4-16-9-10(8-14-16)7-12-5-6-13-11(17)15(2)3/h8-9,12H,4-7H2,1-3H3,(H,13,17). The van der Waals surface area contributed by atoms with Gasteiger partial charge in [-0.25, -0.2) is 4.79 Å². The third-order valence-electron chi connectivity index (χ3n) is 2.32. The monoisotopic (exact) mass is 239 g/mol. The Kier molecular flexibility index (Phi) is 5.48. The van der Waals surface area contributed by atoms with Crippen molar-refractivity contribution >= 4 is 6.03 Å². The van der Waals surface area contributed by atoms with E-state index in [9.17, 15) is 4.79 Å². The molecule has 0 aliphatic carbocycles. The van der Waals surface area contributed by atoms with Crippen molar-refractivity contribution in [1.82, 2.24) is 25.3 Å². The van der Waals surface area contributed by atoms with E-state index in [1.165, 1.54) is 4.90 Å². The van der Waals surface area contributed by atoms with Crippen molar-refractivity contribution in [2.45, 2.75) is 20.0 Å². The van der Waals surface area contributed by atoms with E-state index in [1.54, 1.807) is 14.1 Å². The lowest BCUT2D eigenvalue weighted by atomic mass is 10.3. The van der Waals surface area contributed by atoms with Gasteiger partial charge in [0.2, 0.25) is 0 Å². The molecular formula is C11H21N5O. The summed E-state index contributed by atoms with van der Waals surface area (Å²) in [5.41, 5.74) is 1.16. The fourth-order valence-electron chi connectivity index (χ4n) is 1.32. The Balaban J connectivity index is 2.10. The van der Waals surface area contributed by atoms with Gasteiger partial charge in [-0.1, -0.05) is 0 Å². The molecule has 1 heterocycles. The van der Waals surface area contributed by atoms with Gasteiger partial charge in [0, 0.05) is 52.0 Å². The second kappa shape index (κ2) is 6.90. The first-order valence-corrected chi connectivity index (χ1v) is 5.80. The zero-order valence-electron chi connectivity index (χ0n) is 10.7. The Morgan fingerprint density at radius 2 is 2.24 bits per heavy atom. The summed E-state index contributed by atoms with van der Waals surface area (Å²) >= 11 is 0. The number of amides is 2. The van der Waals surface area contributed by atoms with Gasteiger partial charge in [0.1, 0.15) is 0 Å². The molecule has 6 heteroatoms. The van der Waals surface area contributed by atoms with Crippen LogP contribution in [0.3, 0.4) is 0 Å². The lowest BCUT2D eigenvalue weighted by Crippen LogP contribution is -2.38. The van der Waals surface area contributed by atoms with E-state index in [0.717, 1.165) is 25.2 Å². The molecule has 6 nitrogen and oxygen atoms in total. The number of nitrogens with zero attached hydrogens (tertiary/aromatic N) is 3. The fraction of sp³-hybridized carbons (Fsp3) is 0.636. The van der Waals surface area contributed by atoms with E-state index in [0.29, 0.717) is 6.54 Å². The lowest BCUT2D eigenvalue weighted by Gasteiger charge is -2.11. The molecule has 0 unspecified atom stereocenters. The summed E-state index contributed by atoms with van der Waals surface area (Å²) < 4.78 is 1.89. The number of urea groups is 1. The topological polar surface area (TPSA) is 62.2 Å². The maximum absolute atomic E-state index is 11.2. The molecule has 0 radical (unpaired) electrons. The summed E-state index contributed by atoms with van der Waals surface area (Å²) in [6, 6.07) is -0.0643. The van der Waals surface area contributed by atoms with Crippen molar-refractivity contribution in [3.05, 3.63) is 18.0 Å². The Hall–Kier alpha value is -1.56. The van der Waals surface area contributed by atoms with Crippen LogP contribution in [0.4, 0.5) is 4.79 Å². The van der Waals surface area contributed by atoms with Crippen molar-refractivity contribution in [1.29, 1.82) is 0 Å². The summed E-state index contributed by atoms with van der Waals surface area (Å²) in [7, 11) is 3.45. The summed E-state index contributed by atoms with van der Waals surface area (Å²) in [6.45, 7) is 5.09. The number of hydrogen-bond acceptors (Lipinski definition) is 3. The van der Waals surface area contributed by atoms with Crippen LogP contribution in [-0.2, 0) is 13.1 Å². The molecule has 0 aliphatic rings. The highest BCUT2D eigenvalue weighted by Crippen LogP contribution is 1.96. The molecule has 0 atom stereocenters. The van der Waals surface area contributed by atoms with Crippen molar-refractivity contribution in [3.8, 4) is 0 Å². The Labute approximate surface area is 102 Å². The first kappa shape index (κ1) is 13.5. The van der Waals surface area contributed by atoms with Crippen LogP contribution in [-0.4, -0.2) is 47.9 Å². The molecule has 0 aliphatic heterocycles. The van der Waals surface area contributed by atoms with Gasteiger partial charge in [0.05, 0.1) is 6.20 Å². The van der Waals surface area contributed by atoms with Crippen molar-refractivity contribution < 1.29 is 4.79 Å². The maximum atomic E-state index is 11.2. The van der Waals surface area contributed by atoms with Crippen LogP contribution in [0.15, 0.2) is 12.4 Å². The highest BCUT2D eigenvalue weighted by atomic mass is 16.2. The molecule has 0 aromatic carbocycles. The zero-order valence-corrected chi connectivity index (χ0v) is 10.7. The largest absolute Gasteiger partial charge is 0.337 e. The van der Waals surface area contributed by atoms with Gasteiger partial charge in [-0.15, -0.1) is 0 Å². The first-order chi connectivity index (χ1) is 8.13. The quantitative estimate of drug-likeness (QED) is 0.700. The van der Waals surface area contributed by atoms with Gasteiger partial charge in [-0.3, -0.25) is 4.68 Å². The molecule has 2 N–H and O–H groups in total. The number of aromatic nitrogens is 2. The molecule has 0 fully saturated rings. The van der Waals surface area contributed by atoms with E-state index in [-0.39, 0.29) is 6.03 Å². The number of aryl methyl sites for hydroxylation is 1. The van der Waals surface area contributed by atoms with Crippen LogP contribution in [0.25, 0.3) is 0 Å². The van der Waals surface area contributed by atoms with Crippen molar-refractivity contribution in [3.63, 3.8) is 0 Å². The van der Waals surface area contributed by atoms with E-state index in [4.69, 9.17) is 0 Å². The van der Waals surface area contributed by atoms with Crippen LogP contribution in [0.1, 0.15) is 12.5 Å². The minimum atomic E-state index is -0.0643. The highest BCUT2D eigenvalue weighted by molar-refractivity contribution is 5.73. The average Bonchev–Trinajstić information content (AvgIpc) is 2.76. The molecule has 96 valence electrons. The molecule has 1 aromatic heterocycles. The molecular weight excluding hydrogens is 218 g/mol. The van der Waals surface area contributed by atoms with Gasteiger partial charge < -0.3 is 15.5 Å². The van der Waals surface area contributed by atoms with Gasteiger partial charge in [-0.2, -0.15) is 5.10 Å². The minimum absolute atomic E-state index is 0.0643. The highest BCUT2D eigenvalue weighted by Gasteiger charge is 2.01. The Bertz CT molecular complexity index is 347. The van der Waals surface area contributed by atoms with Gasteiger partial charge in [0.15, 0.2) is 0 Å². The summed E-state index contributed by atoms with van der Waals surface area (Å²) in [6.07, 6.45) is 3.88.